The molecule has 1 aromatic carbocycles. The van der Waals surface area contributed by atoms with Crippen LogP contribution >= 0.6 is 11.3 Å². The van der Waals surface area contributed by atoms with Crippen molar-refractivity contribution >= 4 is 17.0 Å². The van der Waals surface area contributed by atoms with Gasteiger partial charge in [0.15, 0.2) is 6.20 Å². The molecule has 3 aromatic rings. The van der Waals surface area contributed by atoms with Gasteiger partial charge < -0.3 is 20.2 Å². The number of pyridine rings is 1. The summed E-state index contributed by atoms with van der Waals surface area (Å²) in [5.74, 6) is 0.886. The van der Waals surface area contributed by atoms with Gasteiger partial charge in [0.25, 0.3) is 0 Å². The van der Waals surface area contributed by atoms with Crippen LogP contribution in [0, 0.1) is 5.21 Å². The Morgan fingerprint density at radius 1 is 1.16 bits per heavy atom. The highest BCUT2D eigenvalue weighted by Crippen LogP contribution is 2.28. The summed E-state index contributed by atoms with van der Waals surface area (Å²) < 4.78 is 7.30. The number of thiophene rings is 1. The maximum Gasteiger partial charge on any atom is 0.230 e. The summed E-state index contributed by atoms with van der Waals surface area (Å²) in [5, 5.41) is 17.6. The fourth-order valence-electron chi connectivity index (χ4n) is 3.95. The monoisotopic (exact) mass is 438 g/mol. The quantitative estimate of drug-likeness (QED) is 0.431. The van der Waals surface area contributed by atoms with Crippen LogP contribution in [-0.2, 0) is 13.1 Å². The second-order valence-corrected chi connectivity index (χ2v) is 8.94. The van der Waals surface area contributed by atoms with Gasteiger partial charge in [0, 0.05) is 44.0 Å². The normalized spacial score (nSPS) is 15.4. The zero-order chi connectivity index (χ0) is 21.6. The van der Waals surface area contributed by atoms with Crippen LogP contribution in [0.2, 0.25) is 0 Å². The minimum atomic E-state index is 0.0587. The maximum absolute atomic E-state index is 12.3. The highest BCUT2D eigenvalue weighted by molar-refractivity contribution is 7.10. The fraction of sp³-hybridized carbons (Fsp3) is 0.375. The molecule has 1 N–H and O–H groups in total. The minimum absolute atomic E-state index is 0.0587. The standard InChI is InChI=1S/C24H30N4O2S/c1-25-12-11-23(24-6-4-16-31-24)30-20-9-7-19(8-10-20)17-27-15-14-26(2)21-5-3-13-28(29)22(21)18-27/h3-10,13,16,23,25H,11-12,14-15,17-18H2,1-2H3. The lowest BCUT2D eigenvalue weighted by Gasteiger charge is -2.21. The van der Waals surface area contributed by atoms with Crippen molar-refractivity contribution in [2.75, 3.05) is 38.6 Å². The Balaban J connectivity index is 1.42. The molecule has 0 spiro atoms. The molecule has 0 saturated heterocycles. The number of nitrogens with zero attached hydrogens (tertiary/aromatic N) is 3. The number of rotatable bonds is 8. The van der Waals surface area contributed by atoms with Crippen molar-refractivity contribution in [3.8, 4) is 5.75 Å². The molecule has 0 radical (unpaired) electrons. The third kappa shape index (κ3) is 5.36. The molecule has 1 aliphatic heterocycles. The first-order chi connectivity index (χ1) is 15.1. The molecule has 0 fully saturated rings. The first-order valence-electron chi connectivity index (χ1n) is 10.7. The Labute approximate surface area is 188 Å². The molecular weight excluding hydrogens is 408 g/mol. The second kappa shape index (κ2) is 10.1. The third-order valence-corrected chi connectivity index (χ3v) is 6.66. The van der Waals surface area contributed by atoms with Crippen LogP contribution in [0.15, 0.2) is 60.1 Å². The zero-order valence-electron chi connectivity index (χ0n) is 18.2. The summed E-state index contributed by atoms with van der Waals surface area (Å²) in [6.07, 6.45) is 2.57. The van der Waals surface area contributed by atoms with E-state index in [1.807, 2.05) is 26.2 Å². The predicted octanol–water partition coefficient (Wildman–Crippen LogP) is 3.56. The topological polar surface area (TPSA) is 54.7 Å². The highest BCUT2D eigenvalue weighted by atomic mass is 32.1. The van der Waals surface area contributed by atoms with E-state index in [4.69, 9.17) is 4.74 Å². The largest absolute Gasteiger partial charge is 0.618 e. The van der Waals surface area contributed by atoms with Gasteiger partial charge in [-0.2, -0.15) is 4.73 Å². The Morgan fingerprint density at radius 3 is 2.74 bits per heavy atom. The molecule has 0 aliphatic carbocycles. The van der Waals surface area contributed by atoms with Crippen LogP contribution < -0.4 is 19.7 Å². The Hall–Kier alpha value is -2.61. The lowest BCUT2D eigenvalue weighted by Crippen LogP contribution is -2.35. The van der Waals surface area contributed by atoms with Crippen molar-refractivity contribution < 1.29 is 9.47 Å². The zero-order valence-corrected chi connectivity index (χ0v) is 19.0. The SMILES string of the molecule is CNCCC(Oc1ccc(CN2CCN(C)c3ccc[n+]([O-])c3C2)cc1)c1cccs1. The summed E-state index contributed by atoms with van der Waals surface area (Å²) in [7, 11) is 4.01. The average molecular weight is 439 g/mol. The van der Waals surface area contributed by atoms with Gasteiger partial charge in [0.2, 0.25) is 5.69 Å². The van der Waals surface area contributed by atoms with Gasteiger partial charge in [-0.25, -0.2) is 0 Å². The molecule has 0 bridgehead atoms. The van der Waals surface area contributed by atoms with Crippen LogP contribution in [0.1, 0.15) is 28.7 Å². The van der Waals surface area contributed by atoms with Crippen molar-refractivity contribution in [3.05, 3.63) is 81.4 Å². The fourth-order valence-corrected chi connectivity index (χ4v) is 4.74. The first kappa shape index (κ1) is 21.6. The van der Waals surface area contributed by atoms with E-state index in [2.05, 4.69) is 56.9 Å². The van der Waals surface area contributed by atoms with E-state index < -0.39 is 0 Å². The van der Waals surface area contributed by atoms with Gasteiger partial charge in [-0.15, -0.1) is 11.3 Å². The Bertz CT molecular complexity index is 962. The van der Waals surface area contributed by atoms with Gasteiger partial charge in [-0.3, -0.25) is 4.90 Å². The number of aromatic nitrogens is 1. The number of benzene rings is 1. The molecule has 2 aromatic heterocycles. The number of hydrogen-bond donors (Lipinski definition) is 1. The highest BCUT2D eigenvalue weighted by Gasteiger charge is 2.23. The summed E-state index contributed by atoms with van der Waals surface area (Å²) in [6.45, 7) is 4.16. The lowest BCUT2D eigenvalue weighted by molar-refractivity contribution is -0.614. The van der Waals surface area contributed by atoms with Crippen LogP contribution in [-0.4, -0.2) is 38.6 Å². The van der Waals surface area contributed by atoms with E-state index >= 15 is 0 Å². The maximum atomic E-state index is 12.3. The molecule has 1 atom stereocenters. The van der Waals surface area contributed by atoms with E-state index in [9.17, 15) is 5.21 Å². The molecule has 6 nitrogen and oxygen atoms in total. The van der Waals surface area contributed by atoms with Crippen molar-refractivity contribution in [1.29, 1.82) is 0 Å². The van der Waals surface area contributed by atoms with E-state index in [-0.39, 0.29) is 6.10 Å². The number of likely N-dealkylation sites (N-methyl/N-ethyl adjacent to an activating group) is 1. The summed E-state index contributed by atoms with van der Waals surface area (Å²) in [5.41, 5.74) is 3.05. The van der Waals surface area contributed by atoms with Crippen LogP contribution in [0.4, 0.5) is 5.69 Å². The summed E-state index contributed by atoms with van der Waals surface area (Å²) >= 11 is 1.73. The van der Waals surface area contributed by atoms with Crippen molar-refractivity contribution in [2.45, 2.75) is 25.6 Å². The minimum Gasteiger partial charge on any atom is -0.618 e. The lowest BCUT2D eigenvalue weighted by atomic mass is 10.1. The van der Waals surface area contributed by atoms with E-state index in [1.165, 1.54) is 10.4 Å². The van der Waals surface area contributed by atoms with Crippen LogP contribution in [0.5, 0.6) is 5.75 Å². The summed E-state index contributed by atoms with van der Waals surface area (Å²) in [6, 6.07) is 16.4. The van der Waals surface area contributed by atoms with Crippen molar-refractivity contribution in [1.82, 2.24) is 10.2 Å². The number of fused-ring (bicyclic) bond motifs is 1. The van der Waals surface area contributed by atoms with Gasteiger partial charge in [0.1, 0.15) is 17.5 Å². The van der Waals surface area contributed by atoms with Crippen LogP contribution in [0.25, 0.3) is 0 Å². The number of ether oxygens (including phenoxy) is 1. The molecule has 0 amide bonds. The molecule has 31 heavy (non-hydrogen) atoms. The van der Waals surface area contributed by atoms with Crippen molar-refractivity contribution in [3.63, 3.8) is 0 Å². The Kier molecular flexibility index (Phi) is 7.06. The molecule has 7 heteroatoms. The number of nitrogens with one attached hydrogen (secondary N) is 1. The molecule has 4 rings (SSSR count). The van der Waals surface area contributed by atoms with E-state index in [0.29, 0.717) is 6.54 Å². The molecule has 1 unspecified atom stereocenters. The van der Waals surface area contributed by atoms with E-state index in [0.717, 1.165) is 54.5 Å². The van der Waals surface area contributed by atoms with Gasteiger partial charge in [-0.1, -0.05) is 18.2 Å². The van der Waals surface area contributed by atoms with Crippen LogP contribution in [0.3, 0.4) is 0 Å². The van der Waals surface area contributed by atoms with Crippen molar-refractivity contribution in [2.24, 2.45) is 0 Å². The smallest absolute Gasteiger partial charge is 0.230 e. The molecule has 1 aliphatic rings. The van der Waals surface area contributed by atoms with Gasteiger partial charge in [0.05, 0.1) is 6.54 Å². The van der Waals surface area contributed by atoms with Gasteiger partial charge in [-0.05, 0) is 48.8 Å². The third-order valence-electron chi connectivity index (χ3n) is 5.70. The molecule has 0 saturated carbocycles. The molecule has 3 heterocycles. The Morgan fingerprint density at radius 2 is 2.00 bits per heavy atom. The number of hydrogen-bond acceptors (Lipinski definition) is 6. The number of anilines is 1. The van der Waals surface area contributed by atoms with E-state index in [1.54, 1.807) is 17.5 Å². The summed E-state index contributed by atoms with van der Waals surface area (Å²) in [4.78, 5) is 5.74. The molecular formula is C24H30N4O2S. The van der Waals surface area contributed by atoms with Gasteiger partial charge >= 0.3 is 0 Å². The second-order valence-electron chi connectivity index (χ2n) is 7.96. The predicted molar refractivity (Wildman–Crippen MR) is 125 cm³/mol. The molecule has 164 valence electrons. The average Bonchev–Trinajstić information content (AvgIpc) is 3.26. The first-order valence-corrected chi connectivity index (χ1v) is 11.6.